The Morgan fingerprint density at radius 2 is 2.22 bits per heavy atom. The molecule has 0 radical (unpaired) electrons. The van der Waals surface area contributed by atoms with Crippen LogP contribution < -0.4 is 5.32 Å². The Balaban J connectivity index is 4.41. The standard InChI is InChI=1S/C10H15N3O3S2/c1-6(18-2)9(15)13-8(10(16)17)4-3-7(14)5-12-11/h5-6,8H,3-4H2,1-2H3,(H,13,15)(H,16,17)/t6-,8-/m0/s1. The van der Waals surface area contributed by atoms with Gasteiger partial charge in [0.2, 0.25) is 11.7 Å². The van der Waals surface area contributed by atoms with Crippen LogP contribution >= 0.6 is 24.0 Å². The smallest absolute Gasteiger partial charge is 0.323 e. The second-order valence-electron chi connectivity index (χ2n) is 3.53. The lowest BCUT2D eigenvalue weighted by Gasteiger charge is -2.17. The summed E-state index contributed by atoms with van der Waals surface area (Å²) in [6, 6.07) is -0.752. The van der Waals surface area contributed by atoms with Crippen LogP contribution in [0.5, 0.6) is 0 Å². The van der Waals surface area contributed by atoms with Gasteiger partial charge in [-0.1, -0.05) is 0 Å². The molecule has 0 aromatic carbocycles. The maximum atomic E-state index is 11.6. The lowest BCUT2D eigenvalue weighted by Crippen LogP contribution is -2.43. The van der Waals surface area contributed by atoms with Crippen molar-refractivity contribution in [2.75, 3.05) is 6.26 Å². The van der Waals surface area contributed by atoms with Gasteiger partial charge in [0.1, 0.15) is 0 Å². The molecule has 2 N–H and O–H groups in total. The zero-order valence-corrected chi connectivity index (χ0v) is 11.8. The Kier molecular flexibility index (Phi) is 8.19. The topological polar surface area (TPSA) is 103 Å². The van der Waals surface area contributed by atoms with Gasteiger partial charge in [0.25, 0.3) is 0 Å². The van der Waals surface area contributed by atoms with E-state index in [4.69, 9.17) is 5.53 Å². The molecule has 2 atom stereocenters. The minimum absolute atomic E-state index is 0.0172. The van der Waals surface area contributed by atoms with Gasteiger partial charge in [-0.3, -0.25) is 9.59 Å². The van der Waals surface area contributed by atoms with Crippen molar-refractivity contribution in [2.24, 2.45) is 0 Å². The van der Waals surface area contributed by atoms with E-state index in [2.05, 4.69) is 22.3 Å². The molecular formula is C10H15N3O3S2. The Labute approximate surface area is 115 Å². The number of amides is 1. The highest BCUT2D eigenvalue weighted by molar-refractivity contribution is 7.99. The average Bonchev–Trinajstić information content (AvgIpc) is 2.32. The molecule has 0 aromatic rings. The highest BCUT2D eigenvalue weighted by Crippen LogP contribution is 2.07. The summed E-state index contributed by atoms with van der Waals surface area (Å²) in [5.41, 5.74) is 8.16. The van der Waals surface area contributed by atoms with E-state index in [-0.39, 0.29) is 29.0 Å². The fourth-order valence-corrected chi connectivity index (χ4v) is 1.53. The number of hydrogen-bond acceptors (Lipinski definition) is 4. The van der Waals surface area contributed by atoms with Crippen LogP contribution in [0.3, 0.4) is 0 Å². The van der Waals surface area contributed by atoms with Crippen molar-refractivity contribution in [3.05, 3.63) is 5.53 Å². The van der Waals surface area contributed by atoms with Crippen LogP contribution in [0, 0.1) is 0 Å². The first-order valence-corrected chi connectivity index (χ1v) is 6.88. The molecule has 0 unspecified atom stereocenters. The van der Waals surface area contributed by atoms with Crippen molar-refractivity contribution in [1.82, 2.24) is 5.32 Å². The van der Waals surface area contributed by atoms with Crippen molar-refractivity contribution >= 4 is 46.9 Å². The maximum Gasteiger partial charge on any atom is 0.323 e. The first-order valence-electron chi connectivity index (χ1n) is 5.18. The lowest BCUT2D eigenvalue weighted by molar-refractivity contribution is -0.121. The van der Waals surface area contributed by atoms with E-state index in [0.29, 0.717) is 0 Å². The fraction of sp³-hybridized carbons (Fsp3) is 0.600. The van der Waals surface area contributed by atoms with Crippen molar-refractivity contribution in [2.45, 2.75) is 31.1 Å². The number of ketones is 1. The van der Waals surface area contributed by atoms with E-state index >= 15 is 0 Å². The number of hydrogen-bond donors (Lipinski definition) is 2. The maximum absolute atomic E-state index is 11.6. The summed E-state index contributed by atoms with van der Waals surface area (Å²) in [6.45, 7) is 1.72. The third-order valence-electron chi connectivity index (χ3n) is 2.22. The van der Waals surface area contributed by atoms with Crippen molar-refractivity contribution in [3.8, 4) is 0 Å². The van der Waals surface area contributed by atoms with Gasteiger partial charge in [-0.25, -0.2) is 0 Å². The van der Waals surface area contributed by atoms with E-state index < -0.39 is 11.8 Å². The van der Waals surface area contributed by atoms with Gasteiger partial charge in [-0.05, 0) is 31.8 Å². The van der Waals surface area contributed by atoms with Crippen molar-refractivity contribution in [1.29, 1.82) is 0 Å². The Morgan fingerprint density at radius 3 is 2.67 bits per heavy atom. The van der Waals surface area contributed by atoms with Crippen LogP contribution in [0.25, 0.3) is 5.53 Å². The molecule has 0 spiro atoms. The van der Waals surface area contributed by atoms with Gasteiger partial charge >= 0.3 is 6.21 Å². The molecule has 0 aromatic heterocycles. The summed E-state index contributed by atoms with van der Waals surface area (Å²) in [7, 11) is 0. The number of thioether (sulfide) groups is 1. The summed E-state index contributed by atoms with van der Waals surface area (Å²) in [5, 5.41) is 11.2. The SMILES string of the molecule is CS[C@@H](C)C(=O)N[C@@H](CCC(=O)C=[N+]=[N-])C(O)=S. The van der Waals surface area contributed by atoms with Gasteiger partial charge in [-0.2, -0.15) is 16.6 Å². The molecule has 100 valence electrons. The molecule has 18 heavy (non-hydrogen) atoms. The number of aliphatic hydroxyl groups is 1. The zero-order valence-electron chi connectivity index (χ0n) is 10.1. The van der Waals surface area contributed by atoms with E-state index in [0.717, 1.165) is 6.21 Å². The molecule has 0 rings (SSSR count). The number of Topliss-reactive ketones (excluding diaryl/α,β-unsaturated/α-hetero) is 1. The minimum atomic E-state index is -0.752. The summed E-state index contributed by atoms with van der Waals surface area (Å²) in [5.74, 6) is -0.668. The van der Waals surface area contributed by atoms with E-state index in [9.17, 15) is 14.7 Å². The first-order chi connectivity index (χ1) is 8.42. The van der Waals surface area contributed by atoms with Crippen molar-refractivity contribution < 1.29 is 19.5 Å². The molecule has 0 aliphatic heterocycles. The van der Waals surface area contributed by atoms with Crippen LogP contribution in [-0.4, -0.2) is 50.4 Å². The van der Waals surface area contributed by atoms with Gasteiger partial charge in [-0.15, -0.1) is 0 Å². The summed E-state index contributed by atoms with van der Waals surface area (Å²) in [4.78, 5) is 25.3. The Morgan fingerprint density at radius 1 is 1.61 bits per heavy atom. The second kappa shape index (κ2) is 8.79. The quantitative estimate of drug-likeness (QED) is 0.297. The Bertz CT molecular complexity index is 381. The van der Waals surface area contributed by atoms with Crippen LogP contribution in [0.2, 0.25) is 0 Å². The molecule has 8 heteroatoms. The van der Waals surface area contributed by atoms with Gasteiger partial charge in [0.15, 0.2) is 5.05 Å². The first kappa shape index (κ1) is 16.8. The highest BCUT2D eigenvalue weighted by Gasteiger charge is 2.21. The molecule has 0 aliphatic carbocycles. The third kappa shape index (κ3) is 6.48. The Hall–Kier alpha value is -1.24. The van der Waals surface area contributed by atoms with Crippen LogP contribution in [0.1, 0.15) is 19.8 Å². The largest absolute Gasteiger partial charge is 0.500 e. The number of nitrogens with zero attached hydrogens (tertiary/aromatic N) is 2. The van der Waals surface area contributed by atoms with Gasteiger partial charge in [0, 0.05) is 6.42 Å². The van der Waals surface area contributed by atoms with Crippen LogP contribution in [0.4, 0.5) is 0 Å². The zero-order chi connectivity index (χ0) is 14.1. The lowest BCUT2D eigenvalue weighted by atomic mass is 10.1. The minimum Gasteiger partial charge on any atom is -0.500 e. The predicted molar refractivity (Wildman–Crippen MR) is 74.1 cm³/mol. The molecule has 0 aliphatic rings. The number of carbonyl (C=O) groups excluding carboxylic acids is 2. The third-order valence-corrected chi connectivity index (χ3v) is 3.42. The number of rotatable bonds is 8. The number of carbonyl (C=O) groups is 2. The normalized spacial score (nSPS) is 13.0. The number of aliphatic hydroxyl groups excluding tert-OH is 1. The molecular weight excluding hydrogens is 274 g/mol. The van der Waals surface area contributed by atoms with E-state index in [1.807, 2.05) is 0 Å². The predicted octanol–water partition coefficient (Wildman–Crippen LogP) is 0.758. The monoisotopic (exact) mass is 289 g/mol. The van der Waals surface area contributed by atoms with Gasteiger partial charge < -0.3 is 16.0 Å². The number of nitrogens with one attached hydrogen (secondary N) is 1. The molecule has 0 heterocycles. The molecule has 0 fully saturated rings. The highest BCUT2D eigenvalue weighted by atomic mass is 32.2. The van der Waals surface area contributed by atoms with E-state index in [1.165, 1.54) is 11.8 Å². The average molecular weight is 289 g/mol. The number of thiocarbonyl (C=S) groups is 1. The molecule has 0 saturated heterocycles. The van der Waals surface area contributed by atoms with Gasteiger partial charge in [0.05, 0.1) is 11.3 Å². The van der Waals surface area contributed by atoms with E-state index in [1.54, 1.807) is 13.2 Å². The molecule has 0 bridgehead atoms. The van der Waals surface area contributed by atoms with Crippen molar-refractivity contribution in [3.63, 3.8) is 0 Å². The van der Waals surface area contributed by atoms with Crippen LogP contribution in [0.15, 0.2) is 0 Å². The van der Waals surface area contributed by atoms with Crippen LogP contribution in [-0.2, 0) is 9.59 Å². The second-order valence-corrected chi connectivity index (χ2v) is 5.12. The fourth-order valence-electron chi connectivity index (χ4n) is 1.07. The summed E-state index contributed by atoms with van der Waals surface area (Å²) >= 11 is 5.98. The summed E-state index contributed by atoms with van der Waals surface area (Å²) < 4.78 is 0. The molecule has 1 amide bonds. The molecule has 6 nitrogen and oxygen atoms in total. The molecule has 0 saturated carbocycles. The summed E-state index contributed by atoms with van der Waals surface area (Å²) in [6.07, 6.45) is 2.73.